The van der Waals surface area contributed by atoms with E-state index in [0.717, 1.165) is 14.7 Å². The molecule has 35 heavy (non-hydrogen) atoms. The van der Waals surface area contributed by atoms with Crippen LogP contribution in [0.3, 0.4) is 0 Å². The SMILES string of the molecule is O=C(O)c1ccc(CNC(=O)[C@@H]2Cc3ccccc3N2S(=O)(=O)CC=Cc2ccc(I)cc2)cc1. The summed E-state index contributed by atoms with van der Waals surface area (Å²) in [7, 11) is -3.83. The number of hydrogen-bond acceptors (Lipinski definition) is 4. The fraction of sp³-hybridized carbons (Fsp3) is 0.154. The minimum absolute atomic E-state index is 0.155. The van der Waals surface area contributed by atoms with Gasteiger partial charge in [0.15, 0.2) is 0 Å². The molecule has 7 nitrogen and oxygen atoms in total. The quantitative estimate of drug-likeness (QED) is 0.379. The molecule has 1 heterocycles. The molecule has 9 heteroatoms. The van der Waals surface area contributed by atoms with Crippen molar-refractivity contribution in [2.24, 2.45) is 0 Å². The lowest BCUT2D eigenvalue weighted by molar-refractivity contribution is -0.122. The van der Waals surface area contributed by atoms with E-state index in [1.165, 1.54) is 16.4 Å². The van der Waals surface area contributed by atoms with E-state index in [1.807, 2.05) is 36.4 Å². The molecule has 0 unspecified atom stereocenters. The minimum atomic E-state index is -3.83. The Kier molecular flexibility index (Phi) is 7.56. The Hall–Kier alpha value is -3.18. The van der Waals surface area contributed by atoms with Crippen molar-refractivity contribution in [1.29, 1.82) is 0 Å². The molecule has 1 atom stereocenters. The van der Waals surface area contributed by atoms with Crippen LogP contribution in [0.15, 0.2) is 78.9 Å². The molecule has 1 amide bonds. The zero-order valence-corrected chi connectivity index (χ0v) is 21.6. The lowest BCUT2D eigenvalue weighted by atomic mass is 10.1. The number of anilines is 1. The van der Waals surface area contributed by atoms with Gasteiger partial charge in [-0.15, -0.1) is 0 Å². The number of amides is 1. The van der Waals surface area contributed by atoms with Gasteiger partial charge >= 0.3 is 5.97 Å². The summed E-state index contributed by atoms with van der Waals surface area (Å²) in [6.07, 6.45) is 3.63. The average Bonchev–Trinajstić information content (AvgIpc) is 3.25. The van der Waals surface area contributed by atoms with Gasteiger partial charge in [-0.3, -0.25) is 9.10 Å². The van der Waals surface area contributed by atoms with Crippen molar-refractivity contribution >= 4 is 56.3 Å². The predicted molar refractivity (Wildman–Crippen MR) is 144 cm³/mol. The van der Waals surface area contributed by atoms with E-state index in [4.69, 9.17) is 5.11 Å². The van der Waals surface area contributed by atoms with Crippen LogP contribution in [0.1, 0.15) is 27.0 Å². The summed E-state index contributed by atoms with van der Waals surface area (Å²) >= 11 is 2.21. The molecular formula is C26H23IN2O5S. The van der Waals surface area contributed by atoms with Crippen molar-refractivity contribution < 1.29 is 23.1 Å². The van der Waals surface area contributed by atoms with Crippen LogP contribution in [0.2, 0.25) is 0 Å². The van der Waals surface area contributed by atoms with Gasteiger partial charge in [0.25, 0.3) is 0 Å². The third kappa shape index (κ3) is 5.91. The standard InChI is InChI=1S/C26H23IN2O5S/c27-22-13-9-18(10-14-22)4-3-15-35(33,34)29-23-6-2-1-5-21(23)16-24(29)25(30)28-17-19-7-11-20(12-8-19)26(31)32/h1-14,24H,15-17H2,(H,28,30)(H,31,32)/t24-/m0/s1. The Morgan fingerprint density at radius 1 is 1.03 bits per heavy atom. The number of para-hydroxylation sites is 1. The summed E-state index contributed by atoms with van der Waals surface area (Å²) in [5.74, 6) is -1.68. The van der Waals surface area contributed by atoms with Crippen LogP contribution >= 0.6 is 22.6 Å². The van der Waals surface area contributed by atoms with E-state index < -0.39 is 27.9 Å². The van der Waals surface area contributed by atoms with Gasteiger partial charge in [-0.25, -0.2) is 13.2 Å². The van der Waals surface area contributed by atoms with Crippen molar-refractivity contribution in [2.45, 2.75) is 19.0 Å². The monoisotopic (exact) mass is 602 g/mol. The zero-order valence-electron chi connectivity index (χ0n) is 18.6. The summed E-state index contributed by atoms with van der Waals surface area (Å²) in [6.45, 7) is 0.159. The van der Waals surface area contributed by atoms with Crippen LogP contribution < -0.4 is 9.62 Å². The van der Waals surface area contributed by atoms with Crippen LogP contribution in [0, 0.1) is 3.57 Å². The number of carbonyl (C=O) groups excluding carboxylic acids is 1. The molecule has 1 aliphatic heterocycles. The number of halogens is 1. The number of sulfonamides is 1. The van der Waals surface area contributed by atoms with E-state index in [2.05, 4.69) is 27.9 Å². The molecule has 0 aliphatic carbocycles. The fourth-order valence-electron chi connectivity index (χ4n) is 3.93. The molecule has 3 aromatic carbocycles. The highest BCUT2D eigenvalue weighted by Gasteiger charge is 2.40. The highest BCUT2D eigenvalue weighted by molar-refractivity contribution is 14.1. The Morgan fingerprint density at radius 3 is 2.40 bits per heavy atom. The average molecular weight is 602 g/mol. The van der Waals surface area contributed by atoms with Crippen molar-refractivity contribution in [3.05, 3.63) is 105 Å². The molecule has 4 rings (SSSR count). The molecule has 3 aromatic rings. The molecule has 1 aliphatic rings. The highest BCUT2D eigenvalue weighted by Crippen LogP contribution is 2.35. The van der Waals surface area contributed by atoms with Gasteiger partial charge in [0.05, 0.1) is 17.0 Å². The number of nitrogens with zero attached hydrogens (tertiary/aromatic N) is 1. The molecule has 0 aromatic heterocycles. The largest absolute Gasteiger partial charge is 0.478 e. The first-order valence-electron chi connectivity index (χ1n) is 10.9. The Morgan fingerprint density at radius 2 is 1.71 bits per heavy atom. The summed E-state index contributed by atoms with van der Waals surface area (Å²) in [5.41, 5.74) is 3.08. The smallest absolute Gasteiger partial charge is 0.335 e. The van der Waals surface area contributed by atoms with Gasteiger partial charge in [0.1, 0.15) is 6.04 Å². The molecule has 180 valence electrons. The van der Waals surface area contributed by atoms with Gasteiger partial charge in [-0.1, -0.05) is 54.6 Å². The first-order chi connectivity index (χ1) is 16.7. The van der Waals surface area contributed by atoms with E-state index in [0.29, 0.717) is 11.3 Å². The van der Waals surface area contributed by atoms with Gasteiger partial charge in [-0.2, -0.15) is 0 Å². The number of carboxylic acids is 1. The lowest BCUT2D eigenvalue weighted by Gasteiger charge is -2.25. The van der Waals surface area contributed by atoms with Gasteiger partial charge in [0, 0.05) is 16.5 Å². The van der Waals surface area contributed by atoms with Crippen molar-refractivity contribution in [2.75, 3.05) is 10.1 Å². The Balaban J connectivity index is 1.50. The number of aromatic carboxylic acids is 1. The first kappa shape index (κ1) is 24.9. The number of carboxylic acid groups (broad SMARTS) is 1. The topological polar surface area (TPSA) is 104 Å². The normalized spacial score (nSPS) is 15.2. The molecular weight excluding hydrogens is 579 g/mol. The van der Waals surface area contributed by atoms with Crippen molar-refractivity contribution in [1.82, 2.24) is 5.32 Å². The van der Waals surface area contributed by atoms with Crippen LogP contribution in [0.4, 0.5) is 5.69 Å². The summed E-state index contributed by atoms with van der Waals surface area (Å²) in [5, 5.41) is 11.8. The van der Waals surface area contributed by atoms with Crippen molar-refractivity contribution in [3.8, 4) is 0 Å². The molecule has 0 fully saturated rings. The first-order valence-corrected chi connectivity index (χ1v) is 13.6. The maximum atomic E-state index is 13.4. The van der Waals surface area contributed by atoms with Gasteiger partial charge in [0.2, 0.25) is 15.9 Å². The van der Waals surface area contributed by atoms with Crippen molar-refractivity contribution in [3.63, 3.8) is 0 Å². The third-order valence-electron chi connectivity index (χ3n) is 5.68. The fourth-order valence-corrected chi connectivity index (χ4v) is 5.83. The number of rotatable bonds is 8. The molecule has 0 bridgehead atoms. The number of fused-ring (bicyclic) bond motifs is 1. The molecule has 0 spiro atoms. The van der Waals surface area contributed by atoms with E-state index in [9.17, 15) is 18.0 Å². The van der Waals surface area contributed by atoms with Gasteiger partial charge < -0.3 is 10.4 Å². The summed E-state index contributed by atoms with van der Waals surface area (Å²) in [4.78, 5) is 24.1. The lowest BCUT2D eigenvalue weighted by Crippen LogP contribution is -2.48. The Labute approximate surface area is 217 Å². The third-order valence-corrected chi connectivity index (χ3v) is 8.07. The summed E-state index contributed by atoms with van der Waals surface area (Å²) in [6, 6.07) is 20.1. The second-order valence-electron chi connectivity index (χ2n) is 8.10. The maximum Gasteiger partial charge on any atom is 0.335 e. The second kappa shape index (κ2) is 10.6. The molecule has 2 N–H and O–H groups in total. The number of benzene rings is 3. The maximum absolute atomic E-state index is 13.4. The van der Waals surface area contributed by atoms with E-state index in [-0.39, 0.29) is 24.3 Å². The summed E-state index contributed by atoms with van der Waals surface area (Å²) < 4.78 is 29.1. The number of carbonyl (C=O) groups is 2. The van der Waals surface area contributed by atoms with Gasteiger partial charge in [-0.05, 0) is 69.6 Å². The Bertz CT molecular complexity index is 1370. The second-order valence-corrected chi connectivity index (χ2v) is 11.2. The molecule has 0 saturated heterocycles. The highest BCUT2D eigenvalue weighted by atomic mass is 127. The minimum Gasteiger partial charge on any atom is -0.478 e. The van der Waals surface area contributed by atoms with E-state index >= 15 is 0 Å². The van der Waals surface area contributed by atoms with Crippen LogP contribution in [-0.4, -0.2) is 37.2 Å². The van der Waals surface area contributed by atoms with Crippen LogP contribution in [0.5, 0.6) is 0 Å². The molecule has 0 radical (unpaired) electrons. The predicted octanol–water partition coefficient (Wildman–Crippen LogP) is 4.08. The van der Waals surface area contributed by atoms with E-state index in [1.54, 1.807) is 36.4 Å². The van der Waals surface area contributed by atoms with Crippen LogP contribution in [0.25, 0.3) is 6.08 Å². The molecule has 0 saturated carbocycles. The number of nitrogens with one attached hydrogen (secondary N) is 1. The zero-order chi connectivity index (χ0) is 25.0. The van der Waals surface area contributed by atoms with Crippen LogP contribution in [-0.2, 0) is 27.8 Å². The number of hydrogen-bond donors (Lipinski definition) is 2.